The van der Waals surface area contributed by atoms with Crippen molar-refractivity contribution in [1.82, 2.24) is 0 Å². The van der Waals surface area contributed by atoms with Crippen molar-refractivity contribution >= 4 is 5.97 Å². The molecule has 5 nitrogen and oxygen atoms in total. The third kappa shape index (κ3) is 3.60. The zero-order valence-corrected chi connectivity index (χ0v) is 10.7. The Morgan fingerprint density at radius 2 is 1.70 bits per heavy atom. The molecule has 2 aromatic rings. The predicted molar refractivity (Wildman–Crippen MR) is 74.6 cm³/mol. The van der Waals surface area contributed by atoms with Gasteiger partial charge in [-0.1, -0.05) is 65.8 Å². The van der Waals surface area contributed by atoms with Crippen LogP contribution in [0, 0.1) is 0 Å². The largest absolute Gasteiger partial charge is 0.460 e. The van der Waals surface area contributed by atoms with Crippen LogP contribution < -0.4 is 0 Å². The summed E-state index contributed by atoms with van der Waals surface area (Å²) in [6, 6.07) is 17.2. The molecule has 0 N–H and O–H groups in total. The summed E-state index contributed by atoms with van der Waals surface area (Å²) >= 11 is 0. The van der Waals surface area contributed by atoms with Gasteiger partial charge in [0.25, 0.3) is 0 Å². The van der Waals surface area contributed by atoms with Crippen LogP contribution in [0.2, 0.25) is 0 Å². The molecule has 1 atom stereocenters. The van der Waals surface area contributed by atoms with Crippen LogP contribution in [-0.2, 0) is 16.1 Å². The molecule has 0 saturated heterocycles. The zero-order chi connectivity index (χ0) is 14.2. The predicted octanol–water partition coefficient (Wildman–Crippen LogP) is 3.78. The Morgan fingerprint density at radius 1 is 1.10 bits per heavy atom. The second-order valence-corrected chi connectivity index (χ2v) is 4.11. The van der Waals surface area contributed by atoms with Gasteiger partial charge in [0, 0.05) is 4.91 Å². The van der Waals surface area contributed by atoms with Gasteiger partial charge in [0.2, 0.25) is 0 Å². The van der Waals surface area contributed by atoms with Crippen molar-refractivity contribution < 1.29 is 9.53 Å². The van der Waals surface area contributed by atoms with Crippen molar-refractivity contribution in [2.75, 3.05) is 0 Å². The van der Waals surface area contributed by atoms with Crippen LogP contribution in [0.4, 0.5) is 0 Å². The molecule has 0 heterocycles. The summed E-state index contributed by atoms with van der Waals surface area (Å²) in [6.45, 7) is 0.157. The molecule has 20 heavy (non-hydrogen) atoms. The molecule has 0 bridgehead atoms. The van der Waals surface area contributed by atoms with Crippen molar-refractivity contribution in [3.05, 3.63) is 82.2 Å². The number of carbonyl (C=O) groups excluding carboxylic acids is 1. The highest BCUT2D eigenvalue weighted by Crippen LogP contribution is 2.19. The van der Waals surface area contributed by atoms with Gasteiger partial charge < -0.3 is 4.74 Å². The first-order chi connectivity index (χ1) is 9.81. The quantitative estimate of drug-likeness (QED) is 0.358. The van der Waals surface area contributed by atoms with Crippen molar-refractivity contribution in [2.45, 2.75) is 12.6 Å². The summed E-state index contributed by atoms with van der Waals surface area (Å²) in [5.74, 6) is -0.558. The normalized spacial score (nSPS) is 11.2. The van der Waals surface area contributed by atoms with Crippen LogP contribution in [0.15, 0.2) is 65.8 Å². The maximum Gasteiger partial charge on any atom is 0.319 e. The Morgan fingerprint density at radius 3 is 2.30 bits per heavy atom. The number of hydrogen-bond donors (Lipinski definition) is 0. The second kappa shape index (κ2) is 6.97. The molecule has 1 unspecified atom stereocenters. The van der Waals surface area contributed by atoms with Crippen LogP contribution in [0.3, 0.4) is 0 Å². The number of ether oxygens (including phenoxy) is 1. The summed E-state index contributed by atoms with van der Waals surface area (Å²) in [5, 5.41) is 3.51. The van der Waals surface area contributed by atoms with Gasteiger partial charge >= 0.3 is 5.97 Å². The Balaban J connectivity index is 2.07. The second-order valence-electron chi connectivity index (χ2n) is 4.11. The molecular formula is C15H13N3O2. The average Bonchev–Trinajstić information content (AvgIpc) is 2.52. The summed E-state index contributed by atoms with van der Waals surface area (Å²) in [7, 11) is 0. The van der Waals surface area contributed by atoms with Crippen molar-refractivity contribution in [3.8, 4) is 0 Å². The van der Waals surface area contributed by atoms with E-state index in [4.69, 9.17) is 10.3 Å². The number of carbonyl (C=O) groups is 1. The van der Waals surface area contributed by atoms with Gasteiger partial charge in [0.15, 0.2) is 6.04 Å². The topological polar surface area (TPSA) is 75.1 Å². The van der Waals surface area contributed by atoms with E-state index < -0.39 is 12.0 Å². The highest BCUT2D eigenvalue weighted by atomic mass is 16.5. The third-order valence-corrected chi connectivity index (χ3v) is 2.73. The van der Waals surface area contributed by atoms with Gasteiger partial charge in [-0.05, 0) is 16.7 Å². The van der Waals surface area contributed by atoms with E-state index in [9.17, 15) is 4.79 Å². The Hall–Kier alpha value is -2.78. The zero-order valence-electron chi connectivity index (χ0n) is 10.7. The number of nitrogens with zero attached hydrogens (tertiary/aromatic N) is 3. The van der Waals surface area contributed by atoms with Crippen LogP contribution in [0.1, 0.15) is 17.2 Å². The third-order valence-electron chi connectivity index (χ3n) is 2.73. The first-order valence-corrected chi connectivity index (χ1v) is 6.11. The molecule has 0 aliphatic heterocycles. The first kappa shape index (κ1) is 13.6. The summed E-state index contributed by atoms with van der Waals surface area (Å²) in [6.07, 6.45) is 0. The number of esters is 1. The molecular weight excluding hydrogens is 254 g/mol. The van der Waals surface area contributed by atoms with Crippen LogP contribution in [-0.4, -0.2) is 5.97 Å². The van der Waals surface area contributed by atoms with Gasteiger partial charge in [0.1, 0.15) is 6.61 Å². The van der Waals surface area contributed by atoms with Crippen LogP contribution in [0.25, 0.3) is 10.4 Å². The van der Waals surface area contributed by atoms with E-state index in [0.717, 1.165) is 5.56 Å². The summed E-state index contributed by atoms with van der Waals surface area (Å²) in [4.78, 5) is 14.7. The number of rotatable bonds is 5. The minimum absolute atomic E-state index is 0.157. The van der Waals surface area contributed by atoms with Crippen molar-refractivity contribution in [2.24, 2.45) is 5.11 Å². The Bertz CT molecular complexity index is 608. The van der Waals surface area contributed by atoms with E-state index in [2.05, 4.69) is 10.0 Å². The van der Waals surface area contributed by atoms with E-state index in [1.54, 1.807) is 24.3 Å². The van der Waals surface area contributed by atoms with Gasteiger partial charge in [-0.25, -0.2) is 0 Å². The molecule has 0 radical (unpaired) electrons. The molecule has 0 saturated carbocycles. The van der Waals surface area contributed by atoms with Crippen LogP contribution >= 0.6 is 0 Å². The first-order valence-electron chi connectivity index (χ1n) is 6.11. The SMILES string of the molecule is [N-]=[N+]=NC(C(=O)OCc1ccccc1)c1ccccc1. The summed E-state index contributed by atoms with van der Waals surface area (Å²) < 4.78 is 5.19. The molecule has 0 spiro atoms. The minimum atomic E-state index is -0.954. The Kier molecular flexibility index (Phi) is 4.76. The number of benzene rings is 2. The van der Waals surface area contributed by atoms with E-state index in [0.29, 0.717) is 5.56 Å². The lowest BCUT2D eigenvalue weighted by Gasteiger charge is -2.11. The lowest BCUT2D eigenvalue weighted by molar-refractivity contribution is -0.146. The lowest BCUT2D eigenvalue weighted by atomic mass is 10.1. The summed E-state index contributed by atoms with van der Waals surface area (Å²) in [5.41, 5.74) is 10.1. The van der Waals surface area contributed by atoms with Gasteiger partial charge in [-0.3, -0.25) is 4.79 Å². The van der Waals surface area contributed by atoms with E-state index in [1.807, 2.05) is 36.4 Å². The maximum absolute atomic E-state index is 12.0. The van der Waals surface area contributed by atoms with E-state index >= 15 is 0 Å². The molecule has 0 aromatic heterocycles. The fraction of sp³-hybridized carbons (Fsp3) is 0.133. The lowest BCUT2D eigenvalue weighted by Crippen LogP contribution is -2.13. The molecule has 100 valence electrons. The number of azide groups is 1. The fourth-order valence-corrected chi connectivity index (χ4v) is 1.74. The highest BCUT2D eigenvalue weighted by molar-refractivity contribution is 5.77. The van der Waals surface area contributed by atoms with E-state index in [1.165, 1.54) is 0 Å². The van der Waals surface area contributed by atoms with Crippen molar-refractivity contribution in [3.63, 3.8) is 0 Å². The molecule has 5 heteroatoms. The molecule has 0 aliphatic carbocycles. The average molecular weight is 267 g/mol. The standard InChI is InChI=1S/C15H13N3O2/c16-18-17-14(13-9-5-2-6-10-13)15(19)20-11-12-7-3-1-4-8-12/h1-10,14H,11H2. The maximum atomic E-state index is 12.0. The van der Waals surface area contributed by atoms with Crippen LogP contribution in [0.5, 0.6) is 0 Å². The minimum Gasteiger partial charge on any atom is -0.460 e. The Labute approximate surface area is 116 Å². The van der Waals surface area contributed by atoms with Gasteiger partial charge in [-0.2, -0.15) is 0 Å². The monoisotopic (exact) mass is 267 g/mol. The molecule has 2 rings (SSSR count). The van der Waals surface area contributed by atoms with Gasteiger partial charge in [-0.15, -0.1) is 0 Å². The van der Waals surface area contributed by atoms with Gasteiger partial charge in [0.05, 0.1) is 0 Å². The molecule has 0 fully saturated rings. The molecule has 2 aromatic carbocycles. The molecule has 0 aliphatic rings. The fourth-order valence-electron chi connectivity index (χ4n) is 1.74. The van der Waals surface area contributed by atoms with E-state index in [-0.39, 0.29) is 6.61 Å². The smallest absolute Gasteiger partial charge is 0.319 e. The molecule has 0 amide bonds. The number of hydrogen-bond acceptors (Lipinski definition) is 3. The highest BCUT2D eigenvalue weighted by Gasteiger charge is 2.20. The van der Waals surface area contributed by atoms with Crippen molar-refractivity contribution in [1.29, 1.82) is 0 Å².